The van der Waals surface area contributed by atoms with Gasteiger partial charge in [0.15, 0.2) is 0 Å². The number of nitrogens with zero attached hydrogens (tertiary/aromatic N) is 1. The number of nitriles is 1. The molecule has 5 heteroatoms. The Morgan fingerprint density at radius 1 is 1.33 bits per heavy atom. The molecule has 5 nitrogen and oxygen atoms in total. The number of hydrogen-bond acceptors (Lipinski definition) is 5. The maximum Gasteiger partial charge on any atom is 0.331 e. The van der Waals surface area contributed by atoms with Gasteiger partial charge in [-0.1, -0.05) is 12.1 Å². The zero-order chi connectivity index (χ0) is 19.2. The first-order valence-corrected chi connectivity index (χ1v) is 8.89. The van der Waals surface area contributed by atoms with E-state index in [0.29, 0.717) is 12.2 Å². The maximum atomic E-state index is 12.0. The highest BCUT2D eigenvalue weighted by Crippen LogP contribution is 2.35. The van der Waals surface area contributed by atoms with Crippen LogP contribution >= 0.6 is 0 Å². The first-order valence-electron chi connectivity index (χ1n) is 8.89. The summed E-state index contributed by atoms with van der Waals surface area (Å²) in [5, 5.41) is 8.79. The highest BCUT2D eigenvalue weighted by Gasteiger charge is 2.21. The molecule has 1 heterocycles. The first-order chi connectivity index (χ1) is 13.1. The zero-order valence-corrected chi connectivity index (χ0v) is 15.4. The van der Waals surface area contributed by atoms with Gasteiger partial charge < -0.3 is 14.2 Å². The van der Waals surface area contributed by atoms with Crippen LogP contribution in [0.5, 0.6) is 11.5 Å². The molecule has 1 aliphatic rings. The van der Waals surface area contributed by atoms with Gasteiger partial charge in [0.05, 0.1) is 18.2 Å². The van der Waals surface area contributed by atoms with Gasteiger partial charge in [0.2, 0.25) is 0 Å². The van der Waals surface area contributed by atoms with E-state index in [1.54, 1.807) is 30.3 Å². The molecule has 2 aromatic carbocycles. The van der Waals surface area contributed by atoms with Crippen molar-refractivity contribution >= 4 is 12.0 Å². The molecule has 2 aromatic rings. The molecule has 0 N–H and O–H groups in total. The predicted molar refractivity (Wildman–Crippen MR) is 101 cm³/mol. The smallest absolute Gasteiger partial charge is 0.331 e. The maximum absolute atomic E-state index is 12.0. The van der Waals surface area contributed by atoms with E-state index in [2.05, 4.69) is 6.07 Å². The Bertz CT molecular complexity index is 894. The normalized spacial score (nSPS) is 15.1. The number of esters is 1. The third-order valence-corrected chi connectivity index (χ3v) is 4.19. The van der Waals surface area contributed by atoms with Gasteiger partial charge in [0.1, 0.15) is 24.2 Å². The Morgan fingerprint density at radius 3 is 2.81 bits per heavy atom. The molecular formula is C22H21NO4. The Balaban J connectivity index is 1.66. The van der Waals surface area contributed by atoms with E-state index in [-0.39, 0.29) is 12.7 Å². The molecule has 3 rings (SSSR count). The van der Waals surface area contributed by atoms with E-state index < -0.39 is 5.97 Å². The fourth-order valence-corrected chi connectivity index (χ4v) is 2.90. The summed E-state index contributed by atoms with van der Waals surface area (Å²) < 4.78 is 16.7. The summed E-state index contributed by atoms with van der Waals surface area (Å²) in [6, 6.07) is 12.8. The van der Waals surface area contributed by atoms with Gasteiger partial charge in [-0.25, -0.2) is 4.79 Å². The lowest BCUT2D eigenvalue weighted by atomic mass is 10.1. The molecule has 0 fully saturated rings. The summed E-state index contributed by atoms with van der Waals surface area (Å²) in [6.07, 6.45) is 4.06. The van der Waals surface area contributed by atoms with Crippen LogP contribution < -0.4 is 9.47 Å². The van der Waals surface area contributed by atoms with E-state index in [9.17, 15) is 4.79 Å². The van der Waals surface area contributed by atoms with E-state index in [0.717, 1.165) is 34.6 Å². The van der Waals surface area contributed by atoms with Crippen molar-refractivity contribution in [1.82, 2.24) is 0 Å². The van der Waals surface area contributed by atoms with Gasteiger partial charge in [0, 0.05) is 23.6 Å². The fraction of sp³-hybridized carbons (Fsp3) is 0.273. The van der Waals surface area contributed by atoms with Crippen molar-refractivity contribution in [3.63, 3.8) is 0 Å². The average molecular weight is 363 g/mol. The number of benzene rings is 2. The minimum absolute atomic E-state index is 0.145. The molecule has 0 unspecified atom stereocenters. The number of ether oxygens (including phenoxy) is 3. The highest BCUT2D eigenvalue weighted by molar-refractivity contribution is 5.87. The van der Waals surface area contributed by atoms with E-state index in [1.165, 1.54) is 6.08 Å². The van der Waals surface area contributed by atoms with Gasteiger partial charge in [-0.2, -0.15) is 5.26 Å². The lowest BCUT2D eigenvalue weighted by Gasteiger charge is -2.10. The van der Waals surface area contributed by atoms with Crippen molar-refractivity contribution < 1.29 is 19.0 Å². The van der Waals surface area contributed by atoms with Crippen molar-refractivity contribution in [2.24, 2.45) is 0 Å². The monoisotopic (exact) mass is 363 g/mol. The summed E-state index contributed by atoms with van der Waals surface area (Å²) in [7, 11) is 0. The molecule has 0 bridgehead atoms. The molecule has 1 aliphatic heterocycles. The predicted octanol–water partition coefficient (Wildman–Crippen LogP) is 4.04. The van der Waals surface area contributed by atoms with Crippen LogP contribution in [0.3, 0.4) is 0 Å². The summed E-state index contributed by atoms with van der Waals surface area (Å²) in [5.74, 6) is 1.11. The van der Waals surface area contributed by atoms with Crippen molar-refractivity contribution in [1.29, 1.82) is 5.26 Å². The third kappa shape index (κ3) is 4.68. The van der Waals surface area contributed by atoms with Gasteiger partial charge in [-0.3, -0.25) is 0 Å². The first kappa shape index (κ1) is 18.5. The molecule has 0 saturated carbocycles. The SMILES string of the molecule is CCOc1cc2c(cc1/C=C/C(=O)OCc1ccc(C#N)cc1)O[C@@H](C)C2. The molecule has 0 amide bonds. The number of rotatable bonds is 6. The zero-order valence-electron chi connectivity index (χ0n) is 15.4. The lowest BCUT2D eigenvalue weighted by molar-refractivity contribution is -0.138. The van der Waals surface area contributed by atoms with E-state index in [4.69, 9.17) is 19.5 Å². The van der Waals surface area contributed by atoms with Crippen LogP contribution in [-0.2, 0) is 22.6 Å². The number of carbonyl (C=O) groups is 1. The van der Waals surface area contributed by atoms with Crippen molar-refractivity contribution in [3.8, 4) is 17.6 Å². The van der Waals surface area contributed by atoms with Crippen LogP contribution in [0.25, 0.3) is 6.08 Å². The largest absolute Gasteiger partial charge is 0.493 e. The van der Waals surface area contributed by atoms with Gasteiger partial charge in [-0.15, -0.1) is 0 Å². The standard InChI is InChI=1S/C22H21NO4/c1-3-25-20-12-19-10-15(2)27-21(19)11-18(20)8-9-22(24)26-14-17-6-4-16(13-23)5-7-17/h4-9,11-12,15H,3,10,14H2,1-2H3/b9-8+/t15-/m0/s1. The van der Waals surface area contributed by atoms with Gasteiger partial charge >= 0.3 is 5.97 Å². The average Bonchev–Trinajstić information content (AvgIpc) is 3.04. The molecule has 1 atom stereocenters. The second-order valence-electron chi connectivity index (χ2n) is 6.31. The Morgan fingerprint density at radius 2 is 2.11 bits per heavy atom. The van der Waals surface area contributed by atoms with Crippen LogP contribution in [0.4, 0.5) is 0 Å². The van der Waals surface area contributed by atoms with Crippen LogP contribution in [0, 0.1) is 11.3 Å². The number of carbonyl (C=O) groups excluding carboxylic acids is 1. The Hall–Kier alpha value is -3.26. The van der Waals surface area contributed by atoms with E-state index in [1.807, 2.05) is 26.0 Å². The molecule has 0 saturated heterocycles. The second kappa shape index (κ2) is 8.41. The van der Waals surface area contributed by atoms with Crippen molar-refractivity contribution in [2.75, 3.05) is 6.61 Å². The summed E-state index contributed by atoms with van der Waals surface area (Å²) >= 11 is 0. The third-order valence-electron chi connectivity index (χ3n) is 4.19. The lowest BCUT2D eigenvalue weighted by Crippen LogP contribution is -2.05. The fourth-order valence-electron chi connectivity index (χ4n) is 2.90. The Kier molecular flexibility index (Phi) is 5.77. The topological polar surface area (TPSA) is 68.5 Å². The van der Waals surface area contributed by atoms with Gasteiger partial charge in [-0.05, 0) is 49.8 Å². The van der Waals surface area contributed by atoms with Gasteiger partial charge in [0.25, 0.3) is 0 Å². The summed E-state index contributed by atoms with van der Waals surface area (Å²) in [5.41, 5.74) is 3.29. The minimum atomic E-state index is -0.448. The quantitative estimate of drug-likeness (QED) is 0.572. The molecular weight excluding hydrogens is 342 g/mol. The molecule has 0 aromatic heterocycles. The molecule has 0 spiro atoms. The van der Waals surface area contributed by atoms with Crippen molar-refractivity contribution in [2.45, 2.75) is 33.0 Å². The molecule has 0 radical (unpaired) electrons. The second-order valence-corrected chi connectivity index (χ2v) is 6.31. The van der Waals surface area contributed by atoms with Crippen LogP contribution in [0.15, 0.2) is 42.5 Å². The minimum Gasteiger partial charge on any atom is -0.493 e. The number of fused-ring (bicyclic) bond motifs is 1. The van der Waals surface area contributed by atoms with E-state index >= 15 is 0 Å². The molecule has 27 heavy (non-hydrogen) atoms. The van der Waals surface area contributed by atoms with Crippen molar-refractivity contribution in [3.05, 3.63) is 64.7 Å². The summed E-state index contributed by atoms with van der Waals surface area (Å²) in [4.78, 5) is 12.0. The molecule has 0 aliphatic carbocycles. The van der Waals surface area contributed by atoms with Crippen LogP contribution in [0.1, 0.15) is 36.1 Å². The number of hydrogen-bond donors (Lipinski definition) is 0. The van der Waals surface area contributed by atoms with Crippen LogP contribution in [-0.4, -0.2) is 18.7 Å². The summed E-state index contributed by atoms with van der Waals surface area (Å²) in [6.45, 7) is 4.64. The highest BCUT2D eigenvalue weighted by atomic mass is 16.5. The van der Waals surface area contributed by atoms with Crippen LogP contribution in [0.2, 0.25) is 0 Å². The molecule has 138 valence electrons. The Labute approximate surface area is 158 Å².